The Balaban J connectivity index is 1.68. The lowest BCUT2D eigenvalue weighted by Gasteiger charge is -2.35. The van der Waals surface area contributed by atoms with E-state index in [1.807, 2.05) is 25.3 Å². The molecule has 2 N–H and O–H groups in total. The first-order valence-electron chi connectivity index (χ1n) is 9.52. The number of hydrogen-bond donors (Lipinski definition) is 2. The number of amides is 3. The summed E-state index contributed by atoms with van der Waals surface area (Å²) < 4.78 is 0. The topological polar surface area (TPSA) is 78.5 Å². The van der Waals surface area contributed by atoms with Crippen molar-refractivity contribution in [2.24, 2.45) is 5.92 Å². The summed E-state index contributed by atoms with van der Waals surface area (Å²) in [5.74, 6) is -0.490. The molecule has 1 aliphatic heterocycles. The summed E-state index contributed by atoms with van der Waals surface area (Å²) in [6.45, 7) is 4.32. The van der Waals surface area contributed by atoms with E-state index in [0.29, 0.717) is 29.2 Å². The fourth-order valence-electron chi connectivity index (χ4n) is 3.30. The van der Waals surface area contributed by atoms with Crippen molar-refractivity contribution in [3.05, 3.63) is 46.7 Å². The normalized spacial score (nSPS) is 16.7. The molecule has 148 valence electrons. The molecule has 3 amide bonds. The van der Waals surface area contributed by atoms with Crippen LogP contribution in [0.3, 0.4) is 0 Å². The van der Waals surface area contributed by atoms with Crippen LogP contribution in [0.1, 0.15) is 42.8 Å². The third-order valence-electron chi connectivity index (χ3n) is 4.72. The molecular weight excluding hydrogens is 374 g/mol. The molecule has 0 unspecified atom stereocenters. The zero-order valence-corrected chi connectivity index (χ0v) is 16.9. The summed E-state index contributed by atoms with van der Waals surface area (Å²) >= 11 is 1.37. The van der Waals surface area contributed by atoms with E-state index in [2.05, 4.69) is 10.6 Å². The van der Waals surface area contributed by atoms with Gasteiger partial charge in [0.05, 0.1) is 4.88 Å². The zero-order valence-electron chi connectivity index (χ0n) is 16.1. The van der Waals surface area contributed by atoms with E-state index in [1.165, 1.54) is 11.3 Å². The van der Waals surface area contributed by atoms with Crippen LogP contribution in [0.2, 0.25) is 0 Å². The van der Waals surface area contributed by atoms with E-state index in [-0.39, 0.29) is 23.6 Å². The largest absolute Gasteiger partial charge is 0.330 e. The lowest BCUT2D eigenvalue weighted by molar-refractivity contribution is -0.142. The predicted octanol–water partition coefficient (Wildman–Crippen LogP) is 3.98. The van der Waals surface area contributed by atoms with E-state index in [1.54, 1.807) is 35.2 Å². The second-order valence-corrected chi connectivity index (χ2v) is 8.15. The van der Waals surface area contributed by atoms with Gasteiger partial charge in [-0.1, -0.05) is 26.0 Å². The van der Waals surface area contributed by atoms with Crippen LogP contribution in [0.4, 0.5) is 11.4 Å². The molecule has 0 aliphatic carbocycles. The fraction of sp³-hybridized carbons (Fsp3) is 0.381. The van der Waals surface area contributed by atoms with Gasteiger partial charge in [0.1, 0.15) is 6.04 Å². The number of rotatable bonds is 5. The predicted molar refractivity (Wildman–Crippen MR) is 112 cm³/mol. The number of likely N-dealkylation sites (tertiary alicyclic amines) is 1. The van der Waals surface area contributed by atoms with Crippen molar-refractivity contribution in [1.29, 1.82) is 0 Å². The molecule has 2 heterocycles. The number of benzene rings is 1. The Bertz CT molecular complexity index is 848. The molecule has 0 spiro atoms. The Kier molecular flexibility index (Phi) is 6.46. The minimum Gasteiger partial charge on any atom is -0.330 e. The van der Waals surface area contributed by atoms with E-state index in [4.69, 9.17) is 0 Å². The summed E-state index contributed by atoms with van der Waals surface area (Å²) in [6, 6.07) is 10.2. The molecule has 1 atom stereocenters. The lowest BCUT2D eigenvalue weighted by atomic mass is 9.99. The average Bonchev–Trinajstić information content (AvgIpc) is 3.22. The minimum atomic E-state index is -0.451. The molecule has 0 bridgehead atoms. The molecule has 6 nitrogen and oxygen atoms in total. The molecular formula is C21H25N3O3S. The van der Waals surface area contributed by atoms with Crippen molar-refractivity contribution in [2.45, 2.75) is 39.2 Å². The van der Waals surface area contributed by atoms with Crippen LogP contribution in [0.25, 0.3) is 0 Å². The van der Waals surface area contributed by atoms with Gasteiger partial charge in [-0.05, 0) is 48.9 Å². The highest BCUT2D eigenvalue weighted by molar-refractivity contribution is 7.12. The molecule has 1 aliphatic rings. The van der Waals surface area contributed by atoms with Crippen molar-refractivity contribution in [3.8, 4) is 0 Å². The van der Waals surface area contributed by atoms with Crippen LogP contribution in [0.15, 0.2) is 41.8 Å². The van der Waals surface area contributed by atoms with E-state index >= 15 is 0 Å². The van der Waals surface area contributed by atoms with Crippen LogP contribution in [0, 0.1) is 5.92 Å². The molecule has 1 aromatic heterocycles. The molecule has 28 heavy (non-hydrogen) atoms. The highest BCUT2D eigenvalue weighted by Gasteiger charge is 2.33. The third kappa shape index (κ3) is 4.78. The Hall–Kier alpha value is -2.67. The van der Waals surface area contributed by atoms with Gasteiger partial charge >= 0.3 is 0 Å². The number of nitrogens with one attached hydrogen (secondary N) is 2. The van der Waals surface area contributed by atoms with Crippen LogP contribution in [-0.4, -0.2) is 35.2 Å². The Labute approximate surface area is 168 Å². The highest BCUT2D eigenvalue weighted by atomic mass is 32.1. The Morgan fingerprint density at radius 2 is 1.82 bits per heavy atom. The van der Waals surface area contributed by atoms with Crippen molar-refractivity contribution < 1.29 is 14.4 Å². The standard InChI is InChI=1S/C21H25N3O3S/c1-14(2)21(27)24-11-4-3-9-17(24)19(25)22-15-7-5-8-16(13-15)23-20(26)18-10-6-12-28-18/h5-8,10,12-14,17H,3-4,9,11H2,1-2H3,(H,22,25)(H,23,26)/t17-/m0/s1. The maximum absolute atomic E-state index is 12.8. The van der Waals surface area contributed by atoms with Crippen LogP contribution < -0.4 is 10.6 Å². The molecule has 1 aromatic carbocycles. The van der Waals surface area contributed by atoms with Gasteiger partial charge in [0, 0.05) is 23.8 Å². The SMILES string of the molecule is CC(C)C(=O)N1CCCC[C@H]1C(=O)Nc1cccc(NC(=O)c2cccs2)c1. The van der Waals surface area contributed by atoms with Crippen molar-refractivity contribution in [1.82, 2.24) is 4.90 Å². The maximum atomic E-state index is 12.8. The first-order valence-corrected chi connectivity index (χ1v) is 10.4. The van der Waals surface area contributed by atoms with E-state index in [9.17, 15) is 14.4 Å². The first-order chi connectivity index (χ1) is 13.5. The van der Waals surface area contributed by atoms with Gasteiger partial charge in [-0.25, -0.2) is 0 Å². The first kappa shape index (κ1) is 20.1. The van der Waals surface area contributed by atoms with Crippen LogP contribution in [-0.2, 0) is 9.59 Å². The van der Waals surface area contributed by atoms with Crippen molar-refractivity contribution in [3.63, 3.8) is 0 Å². The van der Waals surface area contributed by atoms with Gasteiger partial charge in [0.15, 0.2) is 0 Å². The smallest absolute Gasteiger partial charge is 0.265 e. The Morgan fingerprint density at radius 1 is 1.07 bits per heavy atom. The minimum absolute atomic E-state index is 0.0109. The Morgan fingerprint density at radius 3 is 2.50 bits per heavy atom. The average molecular weight is 400 g/mol. The van der Waals surface area contributed by atoms with Gasteiger partial charge in [-0.15, -0.1) is 11.3 Å². The van der Waals surface area contributed by atoms with Crippen molar-refractivity contribution in [2.75, 3.05) is 17.2 Å². The van der Waals surface area contributed by atoms with Gasteiger partial charge in [-0.3, -0.25) is 14.4 Å². The summed E-state index contributed by atoms with van der Waals surface area (Å²) in [4.78, 5) is 39.8. The molecule has 7 heteroatoms. The lowest BCUT2D eigenvalue weighted by Crippen LogP contribution is -2.51. The van der Waals surface area contributed by atoms with Gasteiger partial charge in [0.25, 0.3) is 5.91 Å². The quantitative estimate of drug-likeness (QED) is 0.798. The van der Waals surface area contributed by atoms with E-state index < -0.39 is 6.04 Å². The van der Waals surface area contributed by atoms with Gasteiger partial charge in [-0.2, -0.15) is 0 Å². The van der Waals surface area contributed by atoms with Crippen molar-refractivity contribution >= 4 is 40.4 Å². The molecule has 1 fully saturated rings. The number of hydrogen-bond acceptors (Lipinski definition) is 4. The monoisotopic (exact) mass is 399 g/mol. The number of piperidine rings is 1. The van der Waals surface area contributed by atoms with Crippen LogP contribution >= 0.6 is 11.3 Å². The summed E-state index contributed by atoms with van der Waals surface area (Å²) in [5, 5.41) is 7.58. The number of carbonyl (C=O) groups excluding carboxylic acids is 3. The van der Waals surface area contributed by atoms with Crippen LogP contribution in [0.5, 0.6) is 0 Å². The third-order valence-corrected chi connectivity index (χ3v) is 5.58. The summed E-state index contributed by atoms with van der Waals surface area (Å²) in [5.41, 5.74) is 1.20. The molecule has 2 aromatic rings. The van der Waals surface area contributed by atoms with E-state index in [0.717, 1.165) is 12.8 Å². The fourth-order valence-corrected chi connectivity index (χ4v) is 3.92. The zero-order chi connectivity index (χ0) is 20.1. The maximum Gasteiger partial charge on any atom is 0.265 e. The summed E-state index contributed by atoms with van der Waals surface area (Å²) in [6.07, 6.45) is 2.52. The second kappa shape index (κ2) is 9.01. The van der Waals surface area contributed by atoms with Gasteiger partial charge < -0.3 is 15.5 Å². The number of nitrogens with zero attached hydrogens (tertiary/aromatic N) is 1. The number of carbonyl (C=O) groups is 3. The highest BCUT2D eigenvalue weighted by Crippen LogP contribution is 2.22. The second-order valence-electron chi connectivity index (χ2n) is 7.20. The molecule has 0 saturated carbocycles. The molecule has 1 saturated heterocycles. The molecule has 3 rings (SSSR count). The van der Waals surface area contributed by atoms with Gasteiger partial charge in [0.2, 0.25) is 11.8 Å². The number of anilines is 2. The number of thiophene rings is 1. The summed E-state index contributed by atoms with van der Waals surface area (Å²) in [7, 11) is 0. The molecule has 0 radical (unpaired) electrons.